The lowest BCUT2D eigenvalue weighted by Gasteiger charge is -2.35. The highest BCUT2D eigenvalue weighted by atomic mass is 16.5. The average Bonchev–Trinajstić information content (AvgIpc) is 2.18. The van der Waals surface area contributed by atoms with Crippen LogP contribution in [0, 0.1) is 0 Å². The number of rotatable bonds is 5. The Hall–Kier alpha value is -0.160. The molecule has 1 aliphatic rings. The minimum Gasteiger partial charge on any atom is -0.389 e. The molecule has 1 aliphatic heterocycles. The maximum absolute atomic E-state index is 9.66. The van der Waals surface area contributed by atoms with Crippen LogP contribution in [-0.2, 0) is 4.74 Å². The van der Waals surface area contributed by atoms with Crippen molar-refractivity contribution in [1.29, 1.82) is 0 Å². The van der Waals surface area contributed by atoms with E-state index in [1.165, 1.54) is 0 Å². The van der Waals surface area contributed by atoms with Gasteiger partial charge in [0.25, 0.3) is 0 Å². The lowest BCUT2D eigenvalue weighted by atomic mass is 10.2. The lowest BCUT2D eigenvalue weighted by Crippen LogP contribution is -2.52. The smallest absolute Gasteiger partial charge is 0.0900 e. The Morgan fingerprint density at radius 3 is 3.07 bits per heavy atom. The molecule has 0 saturated carbocycles. The Morgan fingerprint density at radius 2 is 2.43 bits per heavy atom. The third-order valence-corrected chi connectivity index (χ3v) is 2.60. The summed E-state index contributed by atoms with van der Waals surface area (Å²) < 4.78 is 5.18. The molecule has 1 saturated heterocycles. The summed E-state index contributed by atoms with van der Waals surface area (Å²) in [5, 5.41) is 13.0. The van der Waals surface area contributed by atoms with Crippen LogP contribution in [0.5, 0.6) is 0 Å². The van der Waals surface area contributed by atoms with Crippen LogP contribution in [0.15, 0.2) is 0 Å². The van der Waals surface area contributed by atoms with Crippen molar-refractivity contribution in [3.8, 4) is 0 Å². The van der Waals surface area contributed by atoms with Gasteiger partial charge in [-0.1, -0.05) is 0 Å². The van der Waals surface area contributed by atoms with E-state index in [-0.39, 0.29) is 6.10 Å². The summed E-state index contributed by atoms with van der Waals surface area (Å²) in [6.45, 7) is 9.03. The van der Waals surface area contributed by atoms with Crippen LogP contribution in [0.4, 0.5) is 0 Å². The van der Waals surface area contributed by atoms with Gasteiger partial charge in [0.15, 0.2) is 0 Å². The van der Waals surface area contributed by atoms with E-state index < -0.39 is 0 Å². The van der Waals surface area contributed by atoms with Crippen molar-refractivity contribution >= 4 is 0 Å². The van der Waals surface area contributed by atoms with Crippen molar-refractivity contribution in [2.24, 2.45) is 0 Å². The van der Waals surface area contributed by atoms with Crippen LogP contribution in [0.25, 0.3) is 0 Å². The minimum atomic E-state index is -0.351. The number of β-amino-alcohol motifs (C(OH)–C–C–N with tert-alkyl or cyclic N) is 1. The predicted molar refractivity (Wildman–Crippen MR) is 56.4 cm³/mol. The second-order valence-electron chi connectivity index (χ2n) is 3.86. The van der Waals surface area contributed by atoms with E-state index in [0.29, 0.717) is 19.3 Å². The summed E-state index contributed by atoms with van der Waals surface area (Å²) in [7, 11) is 0. The van der Waals surface area contributed by atoms with Crippen LogP contribution < -0.4 is 5.32 Å². The summed E-state index contributed by atoms with van der Waals surface area (Å²) >= 11 is 0. The highest BCUT2D eigenvalue weighted by Crippen LogP contribution is 2.03. The molecule has 0 spiro atoms. The van der Waals surface area contributed by atoms with Gasteiger partial charge in [0.05, 0.1) is 12.7 Å². The van der Waals surface area contributed by atoms with Crippen LogP contribution in [-0.4, -0.2) is 61.5 Å². The molecule has 4 heteroatoms. The van der Waals surface area contributed by atoms with E-state index in [1.807, 2.05) is 6.92 Å². The Morgan fingerprint density at radius 1 is 1.64 bits per heavy atom. The number of nitrogens with one attached hydrogen (secondary N) is 1. The van der Waals surface area contributed by atoms with Gasteiger partial charge in [0.1, 0.15) is 0 Å². The molecular weight excluding hydrogens is 180 g/mol. The second kappa shape index (κ2) is 6.35. The molecule has 84 valence electrons. The molecule has 0 aliphatic carbocycles. The number of aliphatic hydroxyl groups excluding tert-OH is 1. The topological polar surface area (TPSA) is 44.7 Å². The first kappa shape index (κ1) is 11.9. The molecule has 2 atom stereocenters. The first-order valence-corrected chi connectivity index (χ1v) is 5.44. The molecule has 0 aromatic rings. The van der Waals surface area contributed by atoms with E-state index in [4.69, 9.17) is 4.74 Å². The van der Waals surface area contributed by atoms with Crippen molar-refractivity contribution in [3.05, 3.63) is 0 Å². The maximum atomic E-state index is 9.66. The largest absolute Gasteiger partial charge is 0.389 e. The van der Waals surface area contributed by atoms with Crippen LogP contribution in [0.3, 0.4) is 0 Å². The maximum Gasteiger partial charge on any atom is 0.0900 e. The van der Waals surface area contributed by atoms with Gasteiger partial charge in [-0.3, -0.25) is 4.90 Å². The van der Waals surface area contributed by atoms with Crippen LogP contribution in [0.1, 0.15) is 13.8 Å². The molecule has 4 nitrogen and oxygen atoms in total. The summed E-state index contributed by atoms with van der Waals surface area (Å²) in [6, 6.07) is 0.514. The number of aliphatic hydroxyl groups is 1. The zero-order valence-corrected chi connectivity index (χ0v) is 9.20. The van der Waals surface area contributed by atoms with E-state index in [0.717, 1.165) is 26.2 Å². The van der Waals surface area contributed by atoms with Crippen molar-refractivity contribution < 1.29 is 9.84 Å². The van der Waals surface area contributed by atoms with Gasteiger partial charge in [-0.2, -0.15) is 0 Å². The molecule has 0 aromatic carbocycles. The molecule has 0 radical (unpaired) electrons. The van der Waals surface area contributed by atoms with Gasteiger partial charge in [-0.15, -0.1) is 0 Å². The summed E-state index contributed by atoms with van der Waals surface area (Å²) in [5.74, 6) is 0. The Kier molecular flexibility index (Phi) is 5.40. The van der Waals surface area contributed by atoms with Crippen LogP contribution in [0.2, 0.25) is 0 Å². The molecule has 1 fully saturated rings. The number of ether oxygens (including phenoxy) is 1. The van der Waals surface area contributed by atoms with Gasteiger partial charge in [-0.25, -0.2) is 0 Å². The fraction of sp³-hybridized carbons (Fsp3) is 1.00. The molecule has 0 aromatic heterocycles. The van der Waals surface area contributed by atoms with Gasteiger partial charge < -0.3 is 15.2 Å². The van der Waals surface area contributed by atoms with Crippen LogP contribution >= 0.6 is 0 Å². The molecular formula is C10H22N2O2. The molecule has 1 unspecified atom stereocenters. The van der Waals surface area contributed by atoms with E-state index in [1.54, 1.807) is 0 Å². The average molecular weight is 202 g/mol. The lowest BCUT2D eigenvalue weighted by molar-refractivity contribution is 0.0101. The Bertz CT molecular complexity index is 155. The zero-order chi connectivity index (χ0) is 10.4. The third-order valence-electron chi connectivity index (χ3n) is 2.60. The minimum absolute atomic E-state index is 0.351. The fourth-order valence-electron chi connectivity index (χ4n) is 1.73. The molecule has 2 N–H and O–H groups in total. The monoisotopic (exact) mass is 202 g/mol. The number of hydrogen-bond donors (Lipinski definition) is 2. The highest BCUT2D eigenvalue weighted by Gasteiger charge is 2.20. The fourth-order valence-corrected chi connectivity index (χ4v) is 1.73. The number of hydrogen-bond acceptors (Lipinski definition) is 4. The van der Waals surface area contributed by atoms with Gasteiger partial charge in [-0.05, 0) is 13.8 Å². The summed E-state index contributed by atoms with van der Waals surface area (Å²) in [6.07, 6.45) is -0.351. The number of piperazine rings is 1. The van der Waals surface area contributed by atoms with Crippen molar-refractivity contribution in [2.45, 2.75) is 26.0 Å². The normalized spacial score (nSPS) is 26.4. The van der Waals surface area contributed by atoms with Gasteiger partial charge in [0.2, 0.25) is 0 Å². The highest BCUT2D eigenvalue weighted by molar-refractivity contribution is 4.77. The molecule has 1 heterocycles. The van der Waals surface area contributed by atoms with Gasteiger partial charge in [0, 0.05) is 38.8 Å². The summed E-state index contributed by atoms with van der Waals surface area (Å²) in [4.78, 5) is 2.31. The standard InChI is InChI=1S/C10H22N2O2/c1-3-14-8-10(13)7-12-5-4-11-6-9(12)2/h9-11,13H,3-8H2,1-2H3/t9-,10?/m0/s1. The van der Waals surface area contributed by atoms with Crippen molar-refractivity contribution in [2.75, 3.05) is 39.4 Å². The number of nitrogens with zero attached hydrogens (tertiary/aromatic N) is 1. The van der Waals surface area contributed by atoms with E-state index in [2.05, 4.69) is 17.1 Å². The van der Waals surface area contributed by atoms with Crippen molar-refractivity contribution in [3.63, 3.8) is 0 Å². The quantitative estimate of drug-likeness (QED) is 0.641. The Labute approximate surface area is 86.2 Å². The summed E-state index contributed by atoms with van der Waals surface area (Å²) in [5.41, 5.74) is 0. The van der Waals surface area contributed by atoms with E-state index >= 15 is 0 Å². The Balaban J connectivity index is 2.20. The predicted octanol–water partition coefficient (Wildman–Crippen LogP) is -0.322. The molecule has 14 heavy (non-hydrogen) atoms. The molecule has 0 amide bonds. The van der Waals surface area contributed by atoms with E-state index in [9.17, 15) is 5.11 Å². The SMILES string of the molecule is CCOCC(O)CN1CCNC[C@@H]1C. The zero-order valence-electron chi connectivity index (χ0n) is 9.20. The first-order valence-electron chi connectivity index (χ1n) is 5.44. The third kappa shape index (κ3) is 3.92. The first-order chi connectivity index (χ1) is 6.74. The van der Waals surface area contributed by atoms with Crippen molar-refractivity contribution in [1.82, 2.24) is 10.2 Å². The van der Waals surface area contributed by atoms with Gasteiger partial charge >= 0.3 is 0 Å². The molecule has 1 rings (SSSR count). The second-order valence-corrected chi connectivity index (χ2v) is 3.86. The molecule has 0 bridgehead atoms.